The highest BCUT2D eigenvalue weighted by molar-refractivity contribution is 7.90. The molecule has 1 N–H and O–H groups in total. The number of rotatable bonds is 7. The second-order valence-electron chi connectivity index (χ2n) is 3.06. The summed E-state index contributed by atoms with van der Waals surface area (Å²) in [5.74, 6) is -0.0845. The molecule has 0 radical (unpaired) electrons. The molecule has 0 rings (SSSR count). The molecule has 0 aromatic carbocycles. The van der Waals surface area contributed by atoms with E-state index in [2.05, 4.69) is 10.1 Å². The summed E-state index contributed by atoms with van der Waals surface area (Å²) in [6, 6.07) is 0. The van der Waals surface area contributed by atoms with Gasteiger partial charge >= 0.3 is 5.97 Å². The highest BCUT2D eigenvalue weighted by Crippen LogP contribution is 1.87. The molecule has 0 aromatic heterocycles. The van der Waals surface area contributed by atoms with Gasteiger partial charge < -0.3 is 10.1 Å². The average Bonchev–Trinajstić information content (AvgIpc) is 2.08. The van der Waals surface area contributed by atoms with E-state index in [9.17, 15) is 13.2 Å². The topological polar surface area (TPSA) is 72.5 Å². The zero-order valence-corrected chi connectivity index (χ0v) is 9.39. The average molecular weight is 223 g/mol. The van der Waals surface area contributed by atoms with E-state index in [4.69, 9.17) is 0 Å². The summed E-state index contributed by atoms with van der Waals surface area (Å²) in [5.41, 5.74) is 0. The van der Waals surface area contributed by atoms with Crippen LogP contribution in [0.25, 0.3) is 0 Å². The molecule has 0 aliphatic heterocycles. The Labute approximate surface area is 84.7 Å². The Morgan fingerprint density at radius 3 is 2.50 bits per heavy atom. The Balaban J connectivity index is 3.27. The molecule has 0 aliphatic carbocycles. The van der Waals surface area contributed by atoms with Gasteiger partial charge in [-0.25, -0.2) is 8.42 Å². The lowest BCUT2D eigenvalue weighted by Gasteiger charge is -2.02. The fourth-order valence-corrected chi connectivity index (χ4v) is 1.55. The lowest BCUT2D eigenvalue weighted by molar-refractivity contribution is -0.140. The number of hydrogen-bond donors (Lipinski definition) is 1. The number of carbonyl (C=O) groups excluding carboxylic acids is 1. The van der Waals surface area contributed by atoms with Crippen LogP contribution in [-0.4, -0.2) is 46.6 Å². The van der Waals surface area contributed by atoms with Crippen LogP contribution in [0.3, 0.4) is 0 Å². The van der Waals surface area contributed by atoms with Crippen LogP contribution in [0.5, 0.6) is 0 Å². The monoisotopic (exact) mass is 223 g/mol. The molecule has 0 amide bonds. The number of methoxy groups -OCH3 is 1. The Hall–Kier alpha value is -0.620. The predicted octanol–water partition coefficient (Wildman–Crippen LogP) is -0.426. The Bertz CT molecular complexity index is 261. The molecule has 0 bridgehead atoms. The highest BCUT2D eigenvalue weighted by atomic mass is 32.2. The summed E-state index contributed by atoms with van der Waals surface area (Å²) >= 11 is 0. The van der Waals surface area contributed by atoms with Gasteiger partial charge in [0, 0.05) is 12.8 Å². The molecule has 14 heavy (non-hydrogen) atoms. The third-order valence-corrected chi connectivity index (χ3v) is 2.63. The highest BCUT2D eigenvalue weighted by Gasteiger charge is 2.01. The van der Waals surface area contributed by atoms with Crippen molar-refractivity contribution < 1.29 is 17.9 Å². The fraction of sp³-hybridized carbons (Fsp3) is 0.875. The second kappa shape index (κ2) is 6.78. The van der Waals surface area contributed by atoms with E-state index < -0.39 is 9.84 Å². The van der Waals surface area contributed by atoms with Crippen LogP contribution in [0.15, 0.2) is 0 Å². The number of nitrogens with one attached hydrogen (secondary N) is 1. The van der Waals surface area contributed by atoms with Gasteiger partial charge in [0.1, 0.15) is 9.84 Å². The molecule has 0 fully saturated rings. The zero-order valence-electron chi connectivity index (χ0n) is 8.58. The first-order valence-electron chi connectivity index (χ1n) is 4.41. The van der Waals surface area contributed by atoms with Crippen molar-refractivity contribution >= 4 is 15.8 Å². The van der Waals surface area contributed by atoms with Gasteiger partial charge in [-0.05, 0) is 13.0 Å². The van der Waals surface area contributed by atoms with Crippen LogP contribution in [0.4, 0.5) is 0 Å². The molecule has 0 saturated carbocycles. The standard InChI is InChI=1S/C8H17NO4S/c1-13-8(10)4-6-9-5-3-7-14(2,11)12/h9H,3-7H2,1-2H3. The van der Waals surface area contributed by atoms with E-state index in [-0.39, 0.29) is 11.7 Å². The van der Waals surface area contributed by atoms with Crippen molar-refractivity contribution in [3.05, 3.63) is 0 Å². The van der Waals surface area contributed by atoms with Crippen LogP contribution >= 0.6 is 0 Å². The van der Waals surface area contributed by atoms with Gasteiger partial charge in [-0.2, -0.15) is 0 Å². The summed E-state index contributed by atoms with van der Waals surface area (Å²) in [6.07, 6.45) is 2.09. The largest absolute Gasteiger partial charge is 0.469 e. The molecule has 6 heteroatoms. The van der Waals surface area contributed by atoms with Gasteiger partial charge in [-0.15, -0.1) is 0 Å². The molecule has 5 nitrogen and oxygen atoms in total. The van der Waals surface area contributed by atoms with Gasteiger partial charge in [-0.3, -0.25) is 4.79 Å². The summed E-state index contributed by atoms with van der Waals surface area (Å²) in [6.45, 7) is 1.13. The van der Waals surface area contributed by atoms with Crippen LogP contribution < -0.4 is 5.32 Å². The molecule has 0 spiro atoms. The number of carbonyl (C=O) groups is 1. The second-order valence-corrected chi connectivity index (χ2v) is 5.32. The third kappa shape index (κ3) is 9.47. The molecular weight excluding hydrogens is 206 g/mol. The Morgan fingerprint density at radius 1 is 1.36 bits per heavy atom. The first-order chi connectivity index (χ1) is 6.45. The summed E-state index contributed by atoms with van der Waals surface area (Å²) < 4.78 is 25.9. The molecule has 0 aliphatic rings. The normalized spacial score (nSPS) is 11.3. The van der Waals surface area contributed by atoms with Crippen molar-refractivity contribution in [1.29, 1.82) is 0 Å². The van der Waals surface area contributed by atoms with Crippen molar-refractivity contribution in [2.24, 2.45) is 0 Å². The maximum atomic E-state index is 10.7. The fourth-order valence-electron chi connectivity index (χ4n) is 0.877. The van der Waals surface area contributed by atoms with Gasteiger partial charge in [0.15, 0.2) is 0 Å². The van der Waals surface area contributed by atoms with Gasteiger partial charge in [0.25, 0.3) is 0 Å². The Morgan fingerprint density at radius 2 is 2.00 bits per heavy atom. The smallest absolute Gasteiger partial charge is 0.306 e. The van der Waals surface area contributed by atoms with Gasteiger partial charge in [-0.1, -0.05) is 0 Å². The number of ether oxygens (including phenoxy) is 1. The van der Waals surface area contributed by atoms with Crippen molar-refractivity contribution in [2.45, 2.75) is 12.8 Å². The van der Waals surface area contributed by atoms with Gasteiger partial charge in [0.2, 0.25) is 0 Å². The maximum Gasteiger partial charge on any atom is 0.306 e. The van der Waals surface area contributed by atoms with E-state index in [0.29, 0.717) is 25.9 Å². The Kier molecular flexibility index (Phi) is 6.48. The molecule has 0 aromatic rings. The van der Waals surface area contributed by atoms with Crippen molar-refractivity contribution in [2.75, 3.05) is 32.2 Å². The molecule has 84 valence electrons. The molecule has 0 unspecified atom stereocenters. The van der Waals surface area contributed by atoms with Crippen molar-refractivity contribution in [3.63, 3.8) is 0 Å². The number of hydrogen-bond acceptors (Lipinski definition) is 5. The van der Waals surface area contributed by atoms with Crippen LogP contribution in [-0.2, 0) is 19.4 Å². The predicted molar refractivity (Wildman–Crippen MR) is 53.8 cm³/mol. The summed E-state index contributed by atoms with van der Waals surface area (Å²) in [5, 5.41) is 2.96. The minimum absolute atomic E-state index is 0.179. The minimum atomic E-state index is -2.86. The van der Waals surface area contributed by atoms with E-state index in [1.165, 1.54) is 13.4 Å². The molecule has 0 saturated heterocycles. The first-order valence-corrected chi connectivity index (χ1v) is 6.47. The quantitative estimate of drug-likeness (QED) is 0.468. The third-order valence-electron chi connectivity index (χ3n) is 1.60. The van der Waals surface area contributed by atoms with Crippen LogP contribution in [0.2, 0.25) is 0 Å². The number of esters is 1. The van der Waals surface area contributed by atoms with E-state index in [1.54, 1.807) is 0 Å². The molecule has 0 atom stereocenters. The number of sulfone groups is 1. The zero-order chi connectivity index (χ0) is 11.0. The minimum Gasteiger partial charge on any atom is -0.469 e. The summed E-state index contributed by atoms with van der Waals surface area (Å²) in [7, 11) is -1.52. The SMILES string of the molecule is COC(=O)CCNCCCS(C)(=O)=O. The first kappa shape index (κ1) is 13.4. The van der Waals surface area contributed by atoms with E-state index in [1.807, 2.05) is 0 Å². The van der Waals surface area contributed by atoms with Gasteiger partial charge in [0.05, 0.1) is 19.3 Å². The van der Waals surface area contributed by atoms with Crippen molar-refractivity contribution in [3.8, 4) is 0 Å². The van der Waals surface area contributed by atoms with Crippen LogP contribution in [0, 0.1) is 0 Å². The lowest BCUT2D eigenvalue weighted by atomic mass is 10.4. The van der Waals surface area contributed by atoms with E-state index >= 15 is 0 Å². The van der Waals surface area contributed by atoms with Crippen LogP contribution in [0.1, 0.15) is 12.8 Å². The molecule has 0 heterocycles. The lowest BCUT2D eigenvalue weighted by Crippen LogP contribution is -2.21. The van der Waals surface area contributed by atoms with E-state index in [0.717, 1.165) is 0 Å². The van der Waals surface area contributed by atoms with Crippen molar-refractivity contribution in [1.82, 2.24) is 5.32 Å². The summed E-state index contributed by atoms with van der Waals surface area (Å²) in [4.78, 5) is 10.6. The molecular formula is C8H17NO4S. The maximum absolute atomic E-state index is 10.7.